The van der Waals surface area contributed by atoms with Crippen LogP contribution in [-0.4, -0.2) is 49.7 Å². The summed E-state index contributed by atoms with van der Waals surface area (Å²) in [5.74, 6) is 0. The summed E-state index contributed by atoms with van der Waals surface area (Å²) in [6, 6.07) is 0. The van der Waals surface area contributed by atoms with Gasteiger partial charge in [0.15, 0.2) is 0 Å². The van der Waals surface area contributed by atoms with E-state index in [1.54, 1.807) is 0 Å². The molecule has 0 aromatic carbocycles. The third kappa shape index (κ3) is 517. The Morgan fingerprint density at radius 3 is 0.778 bits per heavy atom. The van der Waals surface area contributed by atoms with Crippen LogP contribution in [0.1, 0.15) is 0 Å². The molecule has 0 aliphatic heterocycles. The fourth-order valence-electron chi connectivity index (χ4n) is 0. The molecule has 4 N–H and O–H groups in total. The normalized spacial score (nSPS) is 7.78. The molecule has 0 aromatic rings. The predicted octanol–water partition coefficient (Wildman–Crippen LogP) is -1.55. The molecule has 0 aromatic heterocycles. The summed E-state index contributed by atoms with van der Waals surface area (Å²) in [7, 11) is 0. The van der Waals surface area contributed by atoms with Crippen LogP contribution in [0.15, 0.2) is 0 Å². The second-order valence-electron chi connectivity index (χ2n) is 0.461. The van der Waals surface area contributed by atoms with Crippen molar-refractivity contribution in [3.63, 3.8) is 0 Å². The predicted molar refractivity (Wildman–Crippen MR) is 35.3 cm³/mol. The Morgan fingerprint density at radius 1 is 0.778 bits per heavy atom. The van der Waals surface area contributed by atoms with Crippen LogP contribution in [0, 0.1) is 0 Å². The van der Waals surface area contributed by atoms with E-state index in [4.69, 9.17) is 26.6 Å². The lowest BCUT2D eigenvalue weighted by Crippen LogP contribution is -1.74. The lowest BCUT2D eigenvalue weighted by Gasteiger charge is -1.59. The molecule has 0 bridgehead atoms. The van der Waals surface area contributed by atoms with Gasteiger partial charge in [-0.1, -0.05) is 0 Å². The van der Waals surface area contributed by atoms with Crippen molar-refractivity contribution in [3.8, 4) is 0 Å². The van der Waals surface area contributed by atoms with Crippen LogP contribution in [0.25, 0.3) is 0 Å². The lowest BCUT2D eigenvalue weighted by atomic mass is 15.8. The third-order valence-corrected chi connectivity index (χ3v) is 0. The van der Waals surface area contributed by atoms with Gasteiger partial charge in [-0.15, -0.1) is 0 Å². The average molecular weight is 190 g/mol. The van der Waals surface area contributed by atoms with Crippen molar-refractivity contribution in [1.29, 1.82) is 0 Å². The topological polar surface area (TPSA) is 115 Å². The van der Waals surface area contributed by atoms with E-state index >= 15 is 0 Å². The summed E-state index contributed by atoms with van der Waals surface area (Å²) in [4.78, 5) is 0. The Labute approximate surface area is 72.4 Å². The van der Waals surface area contributed by atoms with Crippen molar-refractivity contribution in [1.82, 2.24) is 0 Å². The zero-order chi connectivity index (χ0) is 7.15. The summed E-state index contributed by atoms with van der Waals surface area (Å²) in [6.45, 7) is 0. The molecule has 6 nitrogen and oxygen atoms in total. The molecule has 0 rings (SSSR count). The van der Waals surface area contributed by atoms with E-state index in [0.717, 1.165) is 0 Å². The molecule has 0 spiro atoms. The fraction of sp³-hybridized carbons (Fsp3) is 0. The van der Waals surface area contributed by atoms with E-state index in [1.807, 2.05) is 0 Å². The Hall–Kier alpha value is 0.906. The standard InChI is InChI=1S/Mg.2H2O3S.2H/c;2*1-4(2)3;;/h;2*(H2,1,2,3);;. The first kappa shape index (κ1) is 16.5. The van der Waals surface area contributed by atoms with Crippen molar-refractivity contribution in [2.45, 2.75) is 0 Å². The zero-order valence-electron chi connectivity index (χ0n) is 3.42. The monoisotopic (exact) mass is 190 g/mol. The highest BCUT2D eigenvalue weighted by Gasteiger charge is 1.63. The van der Waals surface area contributed by atoms with E-state index in [0.29, 0.717) is 0 Å². The minimum Gasteiger partial charge on any atom is -0.284 e. The van der Waals surface area contributed by atoms with Crippen LogP contribution in [0.5, 0.6) is 0 Å². The van der Waals surface area contributed by atoms with Gasteiger partial charge in [-0.25, -0.2) is 0 Å². The van der Waals surface area contributed by atoms with Gasteiger partial charge in [0.1, 0.15) is 0 Å². The van der Waals surface area contributed by atoms with E-state index in [1.165, 1.54) is 0 Å². The summed E-state index contributed by atoms with van der Waals surface area (Å²) >= 11 is -5.22. The summed E-state index contributed by atoms with van der Waals surface area (Å²) in [6.07, 6.45) is 0. The van der Waals surface area contributed by atoms with Crippen LogP contribution in [0.4, 0.5) is 0 Å². The van der Waals surface area contributed by atoms with Gasteiger partial charge in [-0.2, -0.15) is 8.42 Å². The van der Waals surface area contributed by atoms with Gasteiger partial charge in [-0.3, -0.25) is 18.2 Å². The van der Waals surface area contributed by atoms with Gasteiger partial charge in [0.2, 0.25) is 0 Å². The maximum Gasteiger partial charge on any atom is 0.316 e. The smallest absolute Gasteiger partial charge is 0.284 e. The SMILES string of the molecule is O=S(O)O.O=S(O)O.[MgH2]. The first-order chi connectivity index (χ1) is 3.46. The molecule has 9 heteroatoms. The molecule has 0 unspecified atom stereocenters. The van der Waals surface area contributed by atoms with Gasteiger partial charge < -0.3 is 0 Å². The lowest BCUT2D eigenvalue weighted by molar-refractivity contribution is 0.452. The highest BCUT2D eigenvalue weighted by atomic mass is 32.2. The maximum absolute atomic E-state index is 8.67. The number of hydrogen-bond donors (Lipinski definition) is 4. The van der Waals surface area contributed by atoms with Crippen molar-refractivity contribution in [3.05, 3.63) is 0 Å². The van der Waals surface area contributed by atoms with E-state index in [9.17, 15) is 0 Å². The third-order valence-electron chi connectivity index (χ3n) is 0. The molecule has 0 atom stereocenters. The summed E-state index contributed by atoms with van der Waals surface area (Å²) < 4.78 is 45.7. The minimum absolute atomic E-state index is 0. The van der Waals surface area contributed by atoms with Gasteiger partial charge in [0.05, 0.1) is 0 Å². The molecule has 0 saturated heterocycles. The highest BCUT2D eigenvalue weighted by molar-refractivity contribution is 7.73. The van der Waals surface area contributed by atoms with Crippen molar-refractivity contribution < 1.29 is 26.6 Å². The summed E-state index contributed by atoms with van der Waals surface area (Å²) in [5.41, 5.74) is 0. The van der Waals surface area contributed by atoms with Gasteiger partial charge in [0.25, 0.3) is 22.7 Å². The second kappa shape index (κ2) is 11.7. The summed E-state index contributed by atoms with van der Waals surface area (Å²) in [5, 5.41) is 0. The Morgan fingerprint density at radius 2 is 0.778 bits per heavy atom. The first-order valence-electron chi connectivity index (χ1n) is 1.06. The van der Waals surface area contributed by atoms with Crippen molar-refractivity contribution >= 4 is 45.8 Å². The molecule has 56 valence electrons. The van der Waals surface area contributed by atoms with Crippen LogP contribution < -0.4 is 0 Å². The fourth-order valence-corrected chi connectivity index (χ4v) is 0. The van der Waals surface area contributed by atoms with Gasteiger partial charge in [0, 0.05) is 0 Å². The molecule has 0 radical (unpaired) electrons. The van der Waals surface area contributed by atoms with Crippen LogP contribution in [-0.2, 0) is 22.7 Å². The average Bonchev–Trinajstić information content (AvgIpc) is 1.25. The second-order valence-corrected chi connectivity index (χ2v) is 1.38. The van der Waals surface area contributed by atoms with Crippen molar-refractivity contribution in [2.75, 3.05) is 0 Å². The van der Waals surface area contributed by atoms with Crippen LogP contribution >= 0.6 is 0 Å². The van der Waals surface area contributed by atoms with E-state index in [-0.39, 0.29) is 23.1 Å². The highest BCUT2D eigenvalue weighted by Crippen LogP contribution is 1.44. The number of hydrogen-bond acceptors (Lipinski definition) is 2. The molecule has 0 fully saturated rings. The number of rotatable bonds is 0. The molecule has 9 heavy (non-hydrogen) atoms. The quantitative estimate of drug-likeness (QED) is 0.271. The molecule has 0 amide bonds. The van der Waals surface area contributed by atoms with Crippen molar-refractivity contribution in [2.24, 2.45) is 0 Å². The van der Waals surface area contributed by atoms with Crippen LogP contribution in [0.3, 0.4) is 0 Å². The van der Waals surface area contributed by atoms with E-state index < -0.39 is 22.7 Å². The van der Waals surface area contributed by atoms with Crippen LogP contribution in [0.2, 0.25) is 0 Å². The molecule has 0 saturated carbocycles. The maximum atomic E-state index is 8.67. The van der Waals surface area contributed by atoms with E-state index in [2.05, 4.69) is 0 Å². The first-order valence-corrected chi connectivity index (χ1v) is 3.19. The largest absolute Gasteiger partial charge is 0.316 e. The Bertz CT molecular complexity index is 69.1. The van der Waals surface area contributed by atoms with Gasteiger partial charge >= 0.3 is 23.1 Å². The Kier molecular flexibility index (Phi) is 21.4. The molecular weight excluding hydrogens is 184 g/mol. The molecule has 0 aliphatic rings. The molecule has 0 aliphatic carbocycles. The molecular formula is H6MgO6S2. The zero-order valence-corrected chi connectivity index (χ0v) is 5.05. The molecule has 0 heterocycles. The Balaban J connectivity index is -0.0000000720. The van der Waals surface area contributed by atoms with Gasteiger partial charge in [-0.05, 0) is 0 Å². The minimum atomic E-state index is -2.61.